The fraction of sp³-hybridized carbons (Fsp3) is 0.500. The number of nitrogens with two attached hydrogens (primary N) is 1. The third-order valence-electron chi connectivity index (χ3n) is 2.85. The van der Waals surface area contributed by atoms with Crippen LogP contribution in [-0.4, -0.2) is 39.4 Å². The molecule has 0 aliphatic heterocycles. The zero-order valence-corrected chi connectivity index (χ0v) is 11.5. The van der Waals surface area contributed by atoms with Crippen LogP contribution < -0.4 is 11.1 Å². The molecule has 0 heterocycles. The number of benzene rings is 1. The van der Waals surface area contributed by atoms with Gasteiger partial charge < -0.3 is 20.5 Å². The SMILES string of the molecule is COCC(CNC(=O)CC(N)c1ccccc1)OC. The van der Waals surface area contributed by atoms with Gasteiger partial charge in [-0.3, -0.25) is 4.79 Å². The first-order valence-electron chi connectivity index (χ1n) is 6.26. The maximum absolute atomic E-state index is 11.8. The second-order valence-electron chi connectivity index (χ2n) is 4.34. The molecule has 2 atom stereocenters. The van der Waals surface area contributed by atoms with E-state index in [-0.39, 0.29) is 24.5 Å². The fourth-order valence-corrected chi connectivity index (χ4v) is 1.71. The van der Waals surface area contributed by atoms with Gasteiger partial charge in [0.05, 0.1) is 12.7 Å². The van der Waals surface area contributed by atoms with Crippen LogP contribution in [0.4, 0.5) is 0 Å². The van der Waals surface area contributed by atoms with Gasteiger partial charge in [-0.1, -0.05) is 30.3 Å². The predicted molar refractivity (Wildman–Crippen MR) is 73.7 cm³/mol. The first kappa shape index (κ1) is 15.6. The number of hydrogen-bond acceptors (Lipinski definition) is 4. The van der Waals surface area contributed by atoms with Crippen molar-refractivity contribution in [3.63, 3.8) is 0 Å². The Morgan fingerprint density at radius 3 is 2.58 bits per heavy atom. The molecule has 106 valence electrons. The molecule has 0 aliphatic carbocycles. The third-order valence-corrected chi connectivity index (χ3v) is 2.85. The molecule has 0 spiro atoms. The Bertz CT molecular complexity index is 370. The summed E-state index contributed by atoms with van der Waals surface area (Å²) in [5.41, 5.74) is 6.93. The summed E-state index contributed by atoms with van der Waals surface area (Å²) in [6, 6.07) is 9.29. The van der Waals surface area contributed by atoms with E-state index in [1.54, 1.807) is 14.2 Å². The van der Waals surface area contributed by atoms with Crippen molar-refractivity contribution < 1.29 is 14.3 Å². The van der Waals surface area contributed by atoms with Gasteiger partial charge in [0, 0.05) is 33.2 Å². The van der Waals surface area contributed by atoms with Crippen LogP contribution in [0.15, 0.2) is 30.3 Å². The summed E-state index contributed by atoms with van der Waals surface area (Å²) >= 11 is 0. The Balaban J connectivity index is 2.35. The summed E-state index contributed by atoms with van der Waals surface area (Å²) < 4.78 is 10.1. The number of amides is 1. The molecular weight excluding hydrogens is 244 g/mol. The second kappa shape index (κ2) is 8.63. The van der Waals surface area contributed by atoms with Crippen LogP contribution in [0.25, 0.3) is 0 Å². The lowest BCUT2D eigenvalue weighted by molar-refractivity contribution is -0.122. The normalized spacial score (nSPS) is 13.8. The van der Waals surface area contributed by atoms with Crippen molar-refractivity contribution in [1.82, 2.24) is 5.32 Å². The predicted octanol–water partition coefficient (Wildman–Crippen LogP) is 0.854. The fourth-order valence-electron chi connectivity index (χ4n) is 1.71. The lowest BCUT2D eigenvalue weighted by Crippen LogP contribution is -2.36. The molecule has 1 aromatic carbocycles. The van der Waals surface area contributed by atoms with Crippen LogP contribution in [0, 0.1) is 0 Å². The van der Waals surface area contributed by atoms with Crippen molar-refractivity contribution >= 4 is 5.91 Å². The molecule has 1 amide bonds. The molecule has 19 heavy (non-hydrogen) atoms. The maximum Gasteiger partial charge on any atom is 0.221 e. The summed E-state index contributed by atoms with van der Waals surface area (Å²) in [6.07, 6.45) is 0.120. The third kappa shape index (κ3) is 5.83. The highest BCUT2D eigenvalue weighted by Crippen LogP contribution is 2.12. The van der Waals surface area contributed by atoms with Gasteiger partial charge in [-0.05, 0) is 5.56 Å². The molecule has 1 rings (SSSR count). The molecule has 3 N–H and O–H groups in total. The molecule has 0 aromatic heterocycles. The van der Waals surface area contributed by atoms with E-state index < -0.39 is 0 Å². The first-order chi connectivity index (χ1) is 9.17. The lowest BCUT2D eigenvalue weighted by atomic mass is 10.0. The van der Waals surface area contributed by atoms with E-state index in [1.165, 1.54) is 0 Å². The van der Waals surface area contributed by atoms with Crippen LogP contribution in [0.1, 0.15) is 18.0 Å². The highest BCUT2D eigenvalue weighted by molar-refractivity contribution is 5.76. The summed E-state index contributed by atoms with van der Waals surface area (Å²) in [5.74, 6) is -0.0884. The van der Waals surface area contributed by atoms with Gasteiger partial charge in [-0.2, -0.15) is 0 Å². The average Bonchev–Trinajstić information content (AvgIpc) is 2.44. The van der Waals surface area contributed by atoms with Crippen molar-refractivity contribution in [3.8, 4) is 0 Å². The van der Waals surface area contributed by atoms with Crippen molar-refractivity contribution in [2.24, 2.45) is 5.73 Å². The summed E-state index contributed by atoms with van der Waals surface area (Å²) in [5, 5.41) is 2.80. The Labute approximate surface area is 114 Å². The summed E-state index contributed by atoms with van der Waals surface area (Å²) in [4.78, 5) is 11.8. The van der Waals surface area contributed by atoms with Crippen LogP contribution in [-0.2, 0) is 14.3 Å². The minimum Gasteiger partial charge on any atom is -0.382 e. The standard InChI is InChI=1S/C14H22N2O3/c1-18-10-12(19-2)9-16-14(17)8-13(15)11-6-4-3-5-7-11/h3-7,12-13H,8-10,15H2,1-2H3,(H,16,17). The highest BCUT2D eigenvalue weighted by Gasteiger charge is 2.13. The van der Waals surface area contributed by atoms with Crippen molar-refractivity contribution in [2.75, 3.05) is 27.4 Å². The molecule has 0 fully saturated rings. The minimum atomic E-state index is -0.287. The Morgan fingerprint density at radius 1 is 1.32 bits per heavy atom. The van der Waals surface area contributed by atoms with Crippen molar-refractivity contribution in [2.45, 2.75) is 18.6 Å². The van der Waals surface area contributed by atoms with Gasteiger partial charge in [0.15, 0.2) is 0 Å². The van der Waals surface area contributed by atoms with E-state index >= 15 is 0 Å². The Morgan fingerprint density at radius 2 is 2.00 bits per heavy atom. The van der Waals surface area contributed by atoms with Crippen molar-refractivity contribution in [1.29, 1.82) is 0 Å². The molecule has 0 saturated heterocycles. The van der Waals surface area contributed by atoms with E-state index in [9.17, 15) is 4.79 Å². The number of carbonyl (C=O) groups excluding carboxylic acids is 1. The van der Waals surface area contributed by atoms with Gasteiger partial charge in [-0.25, -0.2) is 0 Å². The summed E-state index contributed by atoms with van der Waals surface area (Å²) in [7, 11) is 3.19. The van der Waals surface area contributed by atoms with Crippen LogP contribution in [0.3, 0.4) is 0 Å². The molecule has 0 aliphatic rings. The zero-order chi connectivity index (χ0) is 14.1. The van der Waals surface area contributed by atoms with E-state index in [0.717, 1.165) is 5.56 Å². The van der Waals surface area contributed by atoms with Gasteiger partial charge in [0.25, 0.3) is 0 Å². The minimum absolute atomic E-state index is 0.0884. The van der Waals surface area contributed by atoms with E-state index in [2.05, 4.69) is 5.32 Å². The molecule has 0 bridgehead atoms. The van der Waals surface area contributed by atoms with Crippen LogP contribution in [0.2, 0.25) is 0 Å². The highest BCUT2D eigenvalue weighted by atomic mass is 16.5. The topological polar surface area (TPSA) is 73.6 Å². The molecule has 2 unspecified atom stereocenters. The van der Waals surface area contributed by atoms with E-state index in [4.69, 9.17) is 15.2 Å². The molecule has 5 heteroatoms. The molecule has 0 radical (unpaired) electrons. The number of hydrogen-bond donors (Lipinski definition) is 2. The molecular formula is C14H22N2O3. The van der Waals surface area contributed by atoms with Crippen LogP contribution in [0.5, 0.6) is 0 Å². The molecule has 1 aromatic rings. The number of carbonyl (C=O) groups is 1. The van der Waals surface area contributed by atoms with Gasteiger partial charge >= 0.3 is 0 Å². The number of rotatable bonds is 8. The largest absolute Gasteiger partial charge is 0.382 e. The zero-order valence-electron chi connectivity index (χ0n) is 11.5. The summed E-state index contributed by atoms with van der Waals surface area (Å²) in [6.45, 7) is 0.867. The number of ether oxygens (including phenoxy) is 2. The van der Waals surface area contributed by atoms with Gasteiger partial charge in [-0.15, -0.1) is 0 Å². The second-order valence-corrected chi connectivity index (χ2v) is 4.34. The molecule has 5 nitrogen and oxygen atoms in total. The number of methoxy groups -OCH3 is 2. The number of nitrogens with one attached hydrogen (secondary N) is 1. The monoisotopic (exact) mass is 266 g/mol. The van der Waals surface area contributed by atoms with E-state index in [1.807, 2.05) is 30.3 Å². The Hall–Kier alpha value is -1.43. The lowest BCUT2D eigenvalue weighted by Gasteiger charge is -2.16. The van der Waals surface area contributed by atoms with Crippen molar-refractivity contribution in [3.05, 3.63) is 35.9 Å². The quantitative estimate of drug-likeness (QED) is 0.731. The average molecular weight is 266 g/mol. The van der Waals surface area contributed by atoms with E-state index in [0.29, 0.717) is 13.2 Å². The smallest absolute Gasteiger partial charge is 0.221 e. The first-order valence-corrected chi connectivity index (χ1v) is 6.26. The van der Waals surface area contributed by atoms with Gasteiger partial charge in [0.1, 0.15) is 0 Å². The maximum atomic E-state index is 11.8. The van der Waals surface area contributed by atoms with Crippen LogP contribution >= 0.6 is 0 Å². The Kier molecular flexibility index (Phi) is 7.10. The molecule has 0 saturated carbocycles. The van der Waals surface area contributed by atoms with Gasteiger partial charge in [0.2, 0.25) is 5.91 Å².